The number of hydrogen-bond acceptors (Lipinski definition) is 4. The molecule has 0 saturated heterocycles. The molecule has 2 aliphatic rings. The maximum Gasteiger partial charge on any atom is 0.248 e. The monoisotopic (exact) mass is 552 g/mol. The van der Waals surface area contributed by atoms with Crippen LogP contribution in [0.3, 0.4) is 0 Å². The van der Waals surface area contributed by atoms with Gasteiger partial charge >= 0.3 is 0 Å². The summed E-state index contributed by atoms with van der Waals surface area (Å²) in [4.78, 5) is 0. The Balaban J connectivity index is 1.20. The average Bonchev–Trinajstić information content (AvgIpc) is 3.68. The first-order valence-electron chi connectivity index (χ1n) is 14.4. The van der Waals surface area contributed by atoms with Crippen LogP contribution in [0.2, 0.25) is 0 Å². The molecule has 43 heavy (non-hydrogen) atoms. The van der Waals surface area contributed by atoms with Crippen molar-refractivity contribution in [1.29, 1.82) is 0 Å². The number of benzene rings is 6. The van der Waals surface area contributed by atoms with Gasteiger partial charge in [0.1, 0.15) is 11.5 Å². The van der Waals surface area contributed by atoms with Gasteiger partial charge in [-0.1, -0.05) is 115 Å². The molecule has 0 saturated carbocycles. The van der Waals surface area contributed by atoms with Crippen molar-refractivity contribution in [2.75, 3.05) is 0 Å². The lowest BCUT2D eigenvalue weighted by atomic mass is 9.65. The van der Waals surface area contributed by atoms with E-state index < -0.39 is 5.41 Å². The van der Waals surface area contributed by atoms with E-state index in [1.807, 2.05) is 42.5 Å². The molecule has 1 aliphatic carbocycles. The van der Waals surface area contributed by atoms with Crippen molar-refractivity contribution in [3.8, 4) is 56.7 Å². The van der Waals surface area contributed by atoms with E-state index in [1.54, 1.807) is 0 Å². The van der Waals surface area contributed by atoms with E-state index in [4.69, 9.17) is 9.15 Å². The van der Waals surface area contributed by atoms with Crippen LogP contribution in [0.1, 0.15) is 22.3 Å². The van der Waals surface area contributed by atoms with Crippen molar-refractivity contribution in [2.24, 2.45) is 0 Å². The van der Waals surface area contributed by atoms with E-state index in [0.717, 1.165) is 44.9 Å². The molecular formula is C39H24N2O2. The minimum Gasteiger partial charge on any atom is -0.456 e. The summed E-state index contributed by atoms with van der Waals surface area (Å²) in [6, 6.07) is 50.6. The van der Waals surface area contributed by atoms with Gasteiger partial charge in [0.15, 0.2) is 0 Å². The molecule has 0 fully saturated rings. The number of hydrogen-bond donors (Lipinski definition) is 0. The fourth-order valence-electron chi connectivity index (χ4n) is 6.94. The molecule has 4 heteroatoms. The Bertz CT molecular complexity index is 2120. The molecule has 0 atom stereocenters. The molecule has 1 aliphatic heterocycles. The molecule has 4 nitrogen and oxygen atoms in total. The van der Waals surface area contributed by atoms with Gasteiger partial charge in [0.2, 0.25) is 11.8 Å². The van der Waals surface area contributed by atoms with Gasteiger partial charge in [-0.3, -0.25) is 0 Å². The number of para-hydroxylation sites is 2. The Hall–Kier alpha value is -5.74. The number of aromatic nitrogens is 2. The highest BCUT2D eigenvalue weighted by Gasteiger charge is 2.51. The van der Waals surface area contributed by atoms with Crippen molar-refractivity contribution in [2.45, 2.75) is 5.41 Å². The third kappa shape index (κ3) is 3.38. The van der Waals surface area contributed by atoms with Crippen LogP contribution in [0.25, 0.3) is 45.2 Å². The van der Waals surface area contributed by atoms with E-state index in [-0.39, 0.29) is 0 Å². The maximum atomic E-state index is 6.81. The van der Waals surface area contributed by atoms with Gasteiger partial charge in [0.25, 0.3) is 0 Å². The van der Waals surface area contributed by atoms with Crippen LogP contribution in [-0.4, -0.2) is 10.2 Å². The lowest BCUT2D eigenvalue weighted by molar-refractivity contribution is 0.438. The molecule has 7 aromatic rings. The number of fused-ring (bicyclic) bond motifs is 9. The minimum atomic E-state index is -0.481. The normalized spacial score (nSPS) is 13.5. The Morgan fingerprint density at radius 1 is 0.395 bits per heavy atom. The molecular weight excluding hydrogens is 528 g/mol. The quantitative estimate of drug-likeness (QED) is 0.219. The van der Waals surface area contributed by atoms with Gasteiger partial charge in [-0.2, -0.15) is 0 Å². The summed E-state index contributed by atoms with van der Waals surface area (Å²) < 4.78 is 12.8. The van der Waals surface area contributed by atoms with E-state index in [0.29, 0.717) is 11.8 Å². The van der Waals surface area contributed by atoms with Gasteiger partial charge < -0.3 is 9.15 Å². The fourth-order valence-corrected chi connectivity index (χ4v) is 6.94. The smallest absolute Gasteiger partial charge is 0.248 e. The Morgan fingerprint density at radius 2 is 0.907 bits per heavy atom. The lowest BCUT2D eigenvalue weighted by Gasteiger charge is -2.40. The van der Waals surface area contributed by atoms with Gasteiger partial charge in [-0.15, -0.1) is 10.2 Å². The van der Waals surface area contributed by atoms with E-state index in [1.165, 1.54) is 22.3 Å². The molecule has 0 bridgehead atoms. The summed E-state index contributed by atoms with van der Waals surface area (Å²) in [7, 11) is 0. The third-order valence-electron chi connectivity index (χ3n) is 8.76. The van der Waals surface area contributed by atoms with Crippen molar-refractivity contribution >= 4 is 0 Å². The van der Waals surface area contributed by atoms with Crippen LogP contribution < -0.4 is 4.74 Å². The number of rotatable bonds is 3. The van der Waals surface area contributed by atoms with Gasteiger partial charge in [-0.25, -0.2) is 0 Å². The third-order valence-corrected chi connectivity index (χ3v) is 8.76. The van der Waals surface area contributed by atoms with E-state index >= 15 is 0 Å². The summed E-state index contributed by atoms with van der Waals surface area (Å²) in [6.45, 7) is 0. The topological polar surface area (TPSA) is 48.2 Å². The molecule has 2 heterocycles. The first-order valence-corrected chi connectivity index (χ1v) is 14.4. The summed E-state index contributed by atoms with van der Waals surface area (Å²) >= 11 is 0. The maximum absolute atomic E-state index is 6.81. The molecule has 202 valence electrons. The van der Waals surface area contributed by atoms with Crippen molar-refractivity contribution in [3.63, 3.8) is 0 Å². The van der Waals surface area contributed by atoms with Gasteiger partial charge in [0, 0.05) is 27.8 Å². The molecule has 9 rings (SSSR count). The second-order valence-electron chi connectivity index (χ2n) is 11.0. The Labute approximate surface area is 248 Å². The highest BCUT2D eigenvalue weighted by atomic mass is 16.5. The van der Waals surface area contributed by atoms with Crippen LogP contribution in [0.4, 0.5) is 0 Å². The fraction of sp³-hybridized carbons (Fsp3) is 0.0256. The summed E-state index contributed by atoms with van der Waals surface area (Å²) in [6.07, 6.45) is 0. The minimum absolute atomic E-state index is 0.481. The predicted molar refractivity (Wildman–Crippen MR) is 168 cm³/mol. The molecule has 0 N–H and O–H groups in total. The molecule has 1 aromatic heterocycles. The zero-order chi connectivity index (χ0) is 28.4. The van der Waals surface area contributed by atoms with E-state index in [9.17, 15) is 0 Å². The van der Waals surface area contributed by atoms with Crippen molar-refractivity contribution in [3.05, 3.63) is 168 Å². The summed E-state index contributed by atoms with van der Waals surface area (Å²) in [5, 5.41) is 8.57. The summed E-state index contributed by atoms with van der Waals surface area (Å²) in [5.41, 5.74) is 10.8. The highest BCUT2D eigenvalue weighted by Crippen LogP contribution is 2.63. The van der Waals surface area contributed by atoms with Gasteiger partial charge in [-0.05, 0) is 58.1 Å². The highest BCUT2D eigenvalue weighted by molar-refractivity contribution is 5.90. The standard InChI is InChI=1S/C39H24N2O2/c1-2-11-26(12-3-1)37-40-41-38(43-37)27-23-21-25(22-24-27)28-15-10-19-34-36(28)42-35-20-9-8-18-33(35)39(34)31-16-6-4-13-29(31)30-14-5-7-17-32(30)39/h1-24H. The predicted octanol–water partition coefficient (Wildman–Crippen LogP) is 9.54. The molecule has 0 amide bonds. The SMILES string of the molecule is c1ccc(-c2nnc(-c3ccc(-c4cccc5c4Oc4ccccc4C54c5ccccc5-c5ccccc54)cc3)o2)cc1. The Morgan fingerprint density at radius 3 is 1.60 bits per heavy atom. The van der Waals surface area contributed by atoms with Gasteiger partial charge in [0.05, 0.1) is 5.41 Å². The van der Waals surface area contributed by atoms with Crippen LogP contribution in [-0.2, 0) is 5.41 Å². The average molecular weight is 553 g/mol. The van der Waals surface area contributed by atoms with Crippen LogP contribution in [0, 0.1) is 0 Å². The van der Waals surface area contributed by atoms with Crippen LogP contribution in [0.5, 0.6) is 11.5 Å². The van der Waals surface area contributed by atoms with E-state index in [2.05, 4.69) is 113 Å². The molecule has 1 spiro atoms. The first kappa shape index (κ1) is 23.9. The second-order valence-corrected chi connectivity index (χ2v) is 11.0. The van der Waals surface area contributed by atoms with Crippen molar-refractivity contribution < 1.29 is 9.15 Å². The lowest BCUT2D eigenvalue weighted by Crippen LogP contribution is -2.32. The van der Waals surface area contributed by atoms with Crippen LogP contribution in [0.15, 0.2) is 150 Å². The van der Waals surface area contributed by atoms with Crippen molar-refractivity contribution in [1.82, 2.24) is 10.2 Å². The van der Waals surface area contributed by atoms with Crippen LogP contribution >= 0.6 is 0 Å². The zero-order valence-electron chi connectivity index (χ0n) is 23.1. The second kappa shape index (κ2) is 9.13. The number of ether oxygens (including phenoxy) is 1. The Kier molecular flexibility index (Phi) is 5.08. The summed E-state index contributed by atoms with van der Waals surface area (Å²) in [5.74, 6) is 2.75. The molecule has 0 radical (unpaired) electrons. The largest absolute Gasteiger partial charge is 0.456 e. The molecule has 0 unspecified atom stereocenters. The zero-order valence-corrected chi connectivity index (χ0v) is 23.1. The first-order chi connectivity index (χ1) is 21.3. The molecule has 6 aromatic carbocycles. The number of nitrogens with zero attached hydrogens (tertiary/aromatic N) is 2.